The zero-order chi connectivity index (χ0) is 17.0. The molecule has 0 unspecified atom stereocenters. The van der Waals surface area contributed by atoms with E-state index in [0.29, 0.717) is 23.4 Å². The van der Waals surface area contributed by atoms with Crippen LogP contribution in [0.15, 0.2) is 23.1 Å². The van der Waals surface area contributed by atoms with Gasteiger partial charge in [-0.05, 0) is 30.2 Å². The van der Waals surface area contributed by atoms with E-state index in [4.69, 9.17) is 21.4 Å². The van der Waals surface area contributed by atoms with Gasteiger partial charge in [0.2, 0.25) is 0 Å². The first-order valence-corrected chi connectivity index (χ1v) is 11.8. The van der Waals surface area contributed by atoms with Crippen molar-refractivity contribution in [1.29, 1.82) is 0 Å². The van der Waals surface area contributed by atoms with E-state index in [1.807, 2.05) is 0 Å². The van der Waals surface area contributed by atoms with E-state index in [2.05, 4.69) is 24.7 Å². The minimum atomic E-state index is -1.15. The average molecular weight is 355 g/mol. The lowest BCUT2D eigenvalue weighted by atomic mass is 10.1. The van der Waals surface area contributed by atoms with Gasteiger partial charge in [-0.15, -0.1) is 0 Å². The van der Waals surface area contributed by atoms with Crippen molar-refractivity contribution in [2.45, 2.75) is 38.8 Å². The molecular formula is C16H23ClN2O3Si. The molecule has 0 aliphatic heterocycles. The smallest absolute Gasteiger partial charge is 0.276 e. The molecule has 0 amide bonds. The lowest BCUT2D eigenvalue weighted by molar-refractivity contribution is 0.0754. The highest BCUT2D eigenvalue weighted by atomic mass is 35.5. The van der Waals surface area contributed by atoms with Gasteiger partial charge < -0.3 is 9.84 Å². The molecule has 0 saturated carbocycles. The lowest BCUT2D eigenvalue weighted by Crippen LogP contribution is -2.26. The Hall–Kier alpha value is -1.21. The predicted octanol–water partition coefficient (Wildman–Crippen LogP) is 2.90. The fraction of sp³-hybridized carbons (Fsp3) is 0.500. The van der Waals surface area contributed by atoms with Gasteiger partial charge in [0.05, 0.1) is 11.6 Å². The Labute approximate surface area is 141 Å². The molecule has 2 aromatic rings. The molecule has 2 rings (SSSR count). The summed E-state index contributed by atoms with van der Waals surface area (Å²) in [6.07, 6.45) is 2.08. The zero-order valence-corrected chi connectivity index (χ0v) is 15.6. The molecule has 0 bridgehead atoms. The van der Waals surface area contributed by atoms with E-state index in [-0.39, 0.29) is 18.9 Å². The number of rotatable bonds is 7. The van der Waals surface area contributed by atoms with Crippen molar-refractivity contribution in [3.05, 3.63) is 39.3 Å². The maximum atomic E-state index is 12.5. The Kier molecular flexibility index (Phi) is 5.97. The second kappa shape index (κ2) is 7.57. The number of hydrogen-bond acceptors (Lipinski definition) is 4. The minimum absolute atomic E-state index is 0.00166. The zero-order valence-electron chi connectivity index (χ0n) is 13.8. The van der Waals surface area contributed by atoms with Gasteiger partial charge in [-0.1, -0.05) is 31.2 Å². The standard InChI is InChI=1S/C16H23ClN2O3Si/c1-23(2,3)7-6-22-11-19-16(21)14-9-13(17)8-12(4-5-20)15(14)10-18-19/h8-10,20H,4-7,11H2,1-3H3. The van der Waals surface area contributed by atoms with Crippen LogP contribution < -0.4 is 5.56 Å². The highest BCUT2D eigenvalue weighted by molar-refractivity contribution is 6.76. The fourth-order valence-electron chi connectivity index (χ4n) is 2.27. The summed E-state index contributed by atoms with van der Waals surface area (Å²) in [7, 11) is -1.15. The Balaban J connectivity index is 2.23. The summed E-state index contributed by atoms with van der Waals surface area (Å²) in [5.41, 5.74) is 0.601. The van der Waals surface area contributed by atoms with Crippen molar-refractivity contribution in [2.75, 3.05) is 13.2 Å². The Morgan fingerprint density at radius 3 is 2.70 bits per heavy atom. The summed E-state index contributed by atoms with van der Waals surface area (Å²) < 4.78 is 6.91. The van der Waals surface area contributed by atoms with Gasteiger partial charge >= 0.3 is 0 Å². The Morgan fingerprint density at radius 1 is 1.30 bits per heavy atom. The number of aliphatic hydroxyl groups is 1. The number of halogens is 1. The highest BCUT2D eigenvalue weighted by Crippen LogP contribution is 2.21. The minimum Gasteiger partial charge on any atom is -0.396 e. The predicted molar refractivity (Wildman–Crippen MR) is 95.9 cm³/mol. The number of fused-ring (bicyclic) bond motifs is 1. The summed E-state index contributed by atoms with van der Waals surface area (Å²) in [5, 5.41) is 15.0. The number of hydrogen-bond donors (Lipinski definition) is 1. The third-order valence-corrected chi connectivity index (χ3v) is 5.53. The van der Waals surface area contributed by atoms with Gasteiger partial charge in [-0.25, -0.2) is 4.68 Å². The second-order valence-corrected chi connectivity index (χ2v) is 12.9. The van der Waals surface area contributed by atoms with Gasteiger partial charge in [0.1, 0.15) is 6.73 Å². The van der Waals surface area contributed by atoms with E-state index in [1.165, 1.54) is 4.68 Å². The molecule has 7 heteroatoms. The van der Waals surface area contributed by atoms with Crippen molar-refractivity contribution in [1.82, 2.24) is 9.78 Å². The van der Waals surface area contributed by atoms with E-state index < -0.39 is 8.07 Å². The van der Waals surface area contributed by atoms with Gasteiger partial charge in [-0.3, -0.25) is 4.79 Å². The molecule has 1 N–H and O–H groups in total. The summed E-state index contributed by atoms with van der Waals surface area (Å²) in [6.45, 7) is 7.61. The number of ether oxygens (including phenoxy) is 1. The molecule has 0 atom stereocenters. The van der Waals surface area contributed by atoms with Crippen LogP contribution in [0.3, 0.4) is 0 Å². The Bertz CT molecular complexity index is 740. The van der Waals surface area contributed by atoms with Crippen LogP contribution in [-0.4, -0.2) is 36.2 Å². The van der Waals surface area contributed by atoms with Crippen LogP contribution in [0.25, 0.3) is 10.8 Å². The topological polar surface area (TPSA) is 64.3 Å². The number of nitrogens with zero attached hydrogens (tertiary/aromatic N) is 2. The first-order chi connectivity index (χ1) is 10.8. The first kappa shape index (κ1) is 18.1. The summed E-state index contributed by atoms with van der Waals surface area (Å²) in [5.74, 6) is 0. The monoisotopic (exact) mass is 354 g/mol. The van der Waals surface area contributed by atoms with Crippen LogP contribution in [0, 0.1) is 0 Å². The molecule has 1 aromatic heterocycles. The van der Waals surface area contributed by atoms with E-state index >= 15 is 0 Å². The summed E-state index contributed by atoms with van der Waals surface area (Å²) in [6, 6.07) is 4.44. The van der Waals surface area contributed by atoms with Gasteiger partial charge in [-0.2, -0.15) is 5.10 Å². The van der Waals surface area contributed by atoms with Gasteiger partial charge in [0.25, 0.3) is 5.56 Å². The largest absolute Gasteiger partial charge is 0.396 e. The molecule has 0 saturated heterocycles. The van der Waals surface area contributed by atoms with Crippen molar-refractivity contribution in [3.8, 4) is 0 Å². The van der Waals surface area contributed by atoms with Crippen LogP contribution >= 0.6 is 11.6 Å². The van der Waals surface area contributed by atoms with Gasteiger partial charge in [0.15, 0.2) is 0 Å². The normalized spacial score (nSPS) is 12.0. The quantitative estimate of drug-likeness (QED) is 0.613. The summed E-state index contributed by atoms with van der Waals surface area (Å²) >= 11 is 6.08. The molecule has 23 heavy (non-hydrogen) atoms. The third-order valence-electron chi connectivity index (χ3n) is 3.61. The lowest BCUT2D eigenvalue weighted by Gasteiger charge is -2.15. The summed E-state index contributed by atoms with van der Waals surface area (Å²) in [4.78, 5) is 12.5. The van der Waals surface area contributed by atoms with E-state index in [1.54, 1.807) is 18.3 Å². The molecule has 126 valence electrons. The number of benzene rings is 1. The maximum Gasteiger partial charge on any atom is 0.276 e. The van der Waals surface area contributed by atoms with Crippen LogP contribution in [0.5, 0.6) is 0 Å². The highest BCUT2D eigenvalue weighted by Gasteiger charge is 2.13. The third kappa shape index (κ3) is 4.88. The molecule has 1 heterocycles. The molecule has 5 nitrogen and oxygen atoms in total. The molecule has 0 radical (unpaired) electrons. The average Bonchev–Trinajstić information content (AvgIpc) is 2.45. The van der Waals surface area contributed by atoms with Gasteiger partial charge in [0, 0.05) is 31.7 Å². The van der Waals surface area contributed by atoms with Crippen molar-refractivity contribution >= 4 is 30.4 Å². The van der Waals surface area contributed by atoms with Crippen LogP contribution in [-0.2, 0) is 17.9 Å². The van der Waals surface area contributed by atoms with E-state index in [9.17, 15) is 4.79 Å². The molecule has 0 aliphatic carbocycles. The van der Waals surface area contributed by atoms with Crippen molar-refractivity contribution in [3.63, 3.8) is 0 Å². The molecule has 0 aliphatic rings. The Morgan fingerprint density at radius 2 is 2.04 bits per heavy atom. The van der Waals surface area contributed by atoms with Crippen LogP contribution in [0.1, 0.15) is 5.56 Å². The number of aliphatic hydroxyl groups excluding tert-OH is 1. The first-order valence-electron chi connectivity index (χ1n) is 7.69. The molecule has 0 spiro atoms. The van der Waals surface area contributed by atoms with E-state index in [0.717, 1.165) is 17.0 Å². The van der Waals surface area contributed by atoms with Crippen molar-refractivity contribution < 1.29 is 9.84 Å². The molecule has 1 aromatic carbocycles. The molecular weight excluding hydrogens is 332 g/mol. The maximum absolute atomic E-state index is 12.5. The SMILES string of the molecule is C[Si](C)(C)CCOCn1ncc2c(CCO)cc(Cl)cc2c1=O. The number of aromatic nitrogens is 2. The van der Waals surface area contributed by atoms with Crippen LogP contribution in [0.4, 0.5) is 0 Å². The fourth-order valence-corrected chi connectivity index (χ4v) is 3.27. The second-order valence-electron chi connectivity index (χ2n) is 6.80. The van der Waals surface area contributed by atoms with Crippen LogP contribution in [0.2, 0.25) is 30.7 Å². The van der Waals surface area contributed by atoms with Crippen molar-refractivity contribution in [2.24, 2.45) is 0 Å². The molecule has 0 fully saturated rings.